The average Bonchev–Trinajstić information content (AvgIpc) is 2.46. The predicted molar refractivity (Wildman–Crippen MR) is 58.4 cm³/mol. The molecule has 0 spiro atoms. The van der Waals surface area contributed by atoms with Crippen LogP contribution < -0.4 is 0 Å². The Morgan fingerprint density at radius 3 is 2.73 bits per heavy atom. The molecule has 0 radical (unpaired) electrons. The van der Waals surface area contributed by atoms with Crippen molar-refractivity contribution in [3.05, 3.63) is 11.6 Å². The zero-order valence-corrected chi connectivity index (χ0v) is 10.0. The molecule has 0 aromatic heterocycles. The van der Waals surface area contributed by atoms with E-state index in [4.69, 9.17) is 4.74 Å². The first-order valence-electron chi connectivity index (χ1n) is 5.84. The summed E-state index contributed by atoms with van der Waals surface area (Å²) < 4.78 is 6.03. The fourth-order valence-corrected chi connectivity index (χ4v) is 4.44. The van der Waals surface area contributed by atoms with E-state index >= 15 is 0 Å². The van der Waals surface area contributed by atoms with Gasteiger partial charge in [0.05, 0.1) is 18.3 Å². The smallest absolute Gasteiger partial charge is 0.0829 e. The van der Waals surface area contributed by atoms with Crippen LogP contribution in [0.25, 0.3) is 0 Å². The highest BCUT2D eigenvalue weighted by atomic mass is 16.5. The highest BCUT2D eigenvalue weighted by molar-refractivity contribution is 5.33. The van der Waals surface area contributed by atoms with Gasteiger partial charge in [-0.15, -0.1) is 0 Å². The summed E-state index contributed by atoms with van der Waals surface area (Å²) in [5.41, 5.74) is 1.13. The maximum atomic E-state index is 10.4. The Balaban J connectivity index is 2.22. The molecule has 15 heavy (non-hydrogen) atoms. The third-order valence-corrected chi connectivity index (χ3v) is 5.42. The van der Waals surface area contributed by atoms with E-state index in [-0.39, 0.29) is 22.5 Å². The third-order valence-electron chi connectivity index (χ3n) is 5.42. The lowest BCUT2D eigenvalue weighted by atomic mass is 9.65. The van der Waals surface area contributed by atoms with Gasteiger partial charge in [0.15, 0.2) is 0 Å². The quantitative estimate of drug-likeness (QED) is 0.618. The van der Waals surface area contributed by atoms with Crippen LogP contribution in [0.2, 0.25) is 0 Å². The Morgan fingerprint density at radius 2 is 2.07 bits per heavy atom. The number of aliphatic hydroxyl groups excluding tert-OH is 1. The molecular formula is C13H20O2. The van der Waals surface area contributed by atoms with E-state index < -0.39 is 0 Å². The van der Waals surface area contributed by atoms with Crippen molar-refractivity contribution in [2.75, 3.05) is 6.61 Å². The van der Waals surface area contributed by atoms with E-state index in [0.29, 0.717) is 5.92 Å². The number of ether oxygens (including phenoxy) is 1. The van der Waals surface area contributed by atoms with Gasteiger partial charge in [-0.25, -0.2) is 0 Å². The molecule has 2 fully saturated rings. The molecule has 3 aliphatic rings. The fraction of sp³-hybridized carbons (Fsp3) is 0.846. The molecule has 0 aromatic rings. The molecule has 3 rings (SSSR count). The maximum absolute atomic E-state index is 10.4. The second kappa shape index (κ2) is 2.33. The summed E-state index contributed by atoms with van der Waals surface area (Å²) in [6.45, 7) is 9.57. The molecule has 5 atom stereocenters. The molecule has 84 valence electrons. The van der Waals surface area contributed by atoms with Crippen LogP contribution in [0.15, 0.2) is 11.6 Å². The van der Waals surface area contributed by atoms with Gasteiger partial charge in [0.2, 0.25) is 0 Å². The predicted octanol–water partition coefficient (Wildman–Crippen LogP) is 2.13. The van der Waals surface area contributed by atoms with Crippen molar-refractivity contribution >= 4 is 0 Å². The van der Waals surface area contributed by atoms with Crippen molar-refractivity contribution < 1.29 is 9.84 Å². The minimum Gasteiger partial charge on any atom is -0.388 e. The van der Waals surface area contributed by atoms with Crippen LogP contribution in [0.5, 0.6) is 0 Å². The second-order valence-electron chi connectivity index (χ2n) is 6.43. The molecular weight excluding hydrogens is 188 g/mol. The monoisotopic (exact) mass is 208 g/mol. The van der Waals surface area contributed by atoms with E-state index in [9.17, 15) is 5.11 Å². The zero-order chi connectivity index (χ0) is 11.1. The molecule has 0 unspecified atom stereocenters. The highest BCUT2D eigenvalue weighted by Gasteiger charge is 2.72. The Bertz CT molecular complexity index is 362. The summed E-state index contributed by atoms with van der Waals surface area (Å²) in [7, 11) is 0. The largest absolute Gasteiger partial charge is 0.388 e. The molecule has 2 nitrogen and oxygen atoms in total. The van der Waals surface area contributed by atoms with E-state index in [1.807, 2.05) is 6.92 Å². The van der Waals surface area contributed by atoms with Crippen molar-refractivity contribution in [3.8, 4) is 0 Å². The van der Waals surface area contributed by atoms with Gasteiger partial charge < -0.3 is 9.84 Å². The molecule has 2 aliphatic carbocycles. The first-order chi connectivity index (χ1) is 6.83. The molecule has 1 saturated carbocycles. The molecule has 0 amide bonds. The molecule has 1 aliphatic heterocycles. The normalized spacial score (nSPS) is 62.1. The third kappa shape index (κ3) is 0.818. The van der Waals surface area contributed by atoms with Crippen molar-refractivity contribution in [3.63, 3.8) is 0 Å². The first-order valence-corrected chi connectivity index (χ1v) is 5.84. The summed E-state index contributed by atoms with van der Waals surface area (Å²) >= 11 is 0. The summed E-state index contributed by atoms with van der Waals surface area (Å²) in [5.74, 6) is 0.485. The van der Waals surface area contributed by atoms with E-state index in [0.717, 1.165) is 18.6 Å². The van der Waals surface area contributed by atoms with Gasteiger partial charge >= 0.3 is 0 Å². The van der Waals surface area contributed by atoms with E-state index in [2.05, 4.69) is 26.8 Å². The summed E-state index contributed by atoms with van der Waals surface area (Å²) in [6, 6.07) is 0. The lowest BCUT2D eigenvalue weighted by Gasteiger charge is -2.48. The molecule has 1 saturated heterocycles. The van der Waals surface area contributed by atoms with Gasteiger partial charge in [-0.3, -0.25) is 0 Å². The summed E-state index contributed by atoms with van der Waals surface area (Å²) in [4.78, 5) is 0. The highest BCUT2D eigenvalue weighted by Crippen LogP contribution is 2.69. The number of rotatable bonds is 0. The molecule has 0 aromatic carbocycles. The SMILES string of the molecule is CC1=C[C@H]2[C@]3(C)CO[C@@]2(C)[C@@](C)(C3)[C@@H]1O. The van der Waals surface area contributed by atoms with Crippen molar-refractivity contribution in [1.82, 2.24) is 0 Å². The Labute approximate surface area is 91.3 Å². The van der Waals surface area contributed by atoms with Crippen LogP contribution in [0, 0.1) is 16.7 Å². The topological polar surface area (TPSA) is 29.5 Å². The standard InChI is InChI=1S/C13H20O2/c1-8-5-9-11(2)6-12(3,10(8)14)13(9,4)15-7-11/h5,9-10,14H,6-7H2,1-4H3/t9-,10+,11-,12-,13+/m0/s1. The Kier molecular flexibility index (Phi) is 1.53. The second-order valence-corrected chi connectivity index (χ2v) is 6.43. The van der Waals surface area contributed by atoms with E-state index in [1.165, 1.54) is 0 Å². The van der Waals surface area contributed by atoms with Gasteiger partial charge in [-0.1, -0.05) is 19.9 Å². The van der Waals surface area contributed by atoms with Crippen LogP contribution in [0.1, 0.15) is 34.1 Å². The van der Waals surface area contributed by atoms with Crippen molar-refractivity contribution in [2.45, 2.75) is 45.8 Å². The van der Waals surface area contributed by atoms with Gasteiger partial charge in [0.1, 0.15) is 0 Å². The number of aliphatic hydroxyl groups is 1. The molecule has 2 heteroatoms. The van der Waals surface area contributed by atoms with E-state index in [1.54, 1.807) is 0 Å². The number of hydrogen-bond acceptors (Lipinski definition) is 2. The van der Waals surface area contributed by atoms with Gasteiger partial charge in [0, 0.05) is 16.7 Å². The van der Waals surface area contributed by atoms with Crippen LogP contribution in [0.3, 0.4) is 0 Å². The maximum Gasteiger partial charge on any atom is 0.0829 e. The minimum atomic E-state index is -0.333. The zero-order valence-electron chi connectivity index (χ0n) is 10.0. The lowest BCUT2D eigenvalue weighted by molar-refractivity contribution is -0.152. The number of hydrogen-bond donors (Lipinski definition) is 1. The van der Waals surface area contributed by atoms with Crippen molar-refractivity contribution in [1.29, 1.82) is 0 Å². The Hall–Kier alpha value is -0.340. The van der Waals surface area contributed by atoms with Crippen molar-refractivity contribution in [2.24, 2.45) is 16.7 Å². The minimum absolute atomic E-state index is 0.0938. The average molecular weight is 208 g/mol. The Morgan fingerprint density at radius 1 is 1.40 bits per heavy atom. The summed E-state index contributed by atoms with van der Waals surface area (Å²) in [6.07, 6.45) is 3.00. The molecule has 4 bridgehead atoms. The van der Waals surface area contributed by atoms with Crippen LogP contribution in [0.4, 0.5) is 0 Å². The van der Waals surface area contributed by atoms with Crippen LogP contribution >= 0.6 is 0 Å². The van der Waals surface area contributed by atoms with Crippen LogP contribution in [-0.2, 0) is 4.74 Å². The molecule has 1 N–H and O–H groups in total. The van der Waals surface area contributed by atoms with Gasteiger partial charge in [-0.2, -0.15) is 0 Å². The lowest BCUT2D eigenvalue weighted by Crippen LogP contribution is -2.54. The fourth-order valence-electron chi connectivity index (χ4n) is 4.44. The first kappa shape index (κ1) is 9.86. The van der Waals surface area contributed by atoms with Gasteiger partial charge in [0.25, 0.3) is 0 Å². The van der Waals surface area contributed by atoms with Gasteiger partial charge in [-0.05, 0) is 25.8 Å². The molecule has 1 heterocycles. The van der Waals surface area contributed by atoms with Crippen LogP contribution in [-0.4, -0.2) is 23.4 Å². The summed E-state index contributed by atoms with van der Waals surface area (Å²) in [5, 5.41) is 10.4.